The van der Waals surface area contributed by atoms with Crippen LogP contribution < -0.4 is 5.32 Å². The Hall–Kier alpha value is -1.69. The highest BCUT2D eigenvalue weighted by Crippen LogP contribution is 2.26. The molecule has 1 aliphatic rings. The van der Waals surface area contributed by atoms with Crippen LogP contribution in [-0.2, 0) is 6.54 Å². The van der Waals surface area contributed by atoms with Crippen LogP contribution in [0, 0.1) is 6.92 Å². The molecule has 0 aromatic carbocycles. The Bertz CT molecular complexity index is 553. The van der Waals surface area contributed by atoms with Crippen molar-refractivity contribution in [1.82, 2.24) is 25.2 Å². The van der Waals surface area contributed by atoms with E-state index in [9.17, 15) is 0 Å². The van der Waals surface area contributed by atoms with Gasteiger partial charge < -0.3 is 9.84 Å². The molecule has 1 aliphatic heterocycles. The van der Waals surface area contributed by atoms with Gasteiger partial charge in [-0.2, -0.15) is 10.1 Å². The predicted octanol–water partition coefficient (Wildman–Crippen LogP) is 1.73. The molecule has 19 heavy (non-hydrogen) atoms. The van der Waals surface area contributed by atoms with E-state index in [-0.39, 0.29) is 0 Å². The minimum atomic E-state index is 0.393. The topological polar surface area (TPSA) is 68.8 Å². The lowest BCUT2D eigenvalue weighted by Gasteiger charge is -2.18. The molecule has 0 aliphatic carbocycles. The summed E-state index contributed by atoms with van der Waals surface area (Å²) < 4.78 is 7.32. The standard InChI is InChI=1S/C13H19N5O/c1-3-18-8-11(9(2)16-18)12-15-13(19-17-12)10-4-6-14-7-5-10/h8,10,14H,3-7H2,1-2H3. The summed E-state index contributed by atoms with van der Waals surface area (Å²) in [4.78, 5) is 4.55. The van der Waals surface area contributed by atoms with Crippen LogP contribution in [0.3, 0.4) is 0 Å². The van der Waals surface area contributed by atoms with E-state index in [1.165, 1.54) is 0 Å². The Morgan fingerprint density at radius 2 is 2.21 bits per heavy atom. The van der Waals surface area contributed by atoms with Crippen LogP contribution in [0.15, 0.2) is 10.7 Å². The number of nitrogens with one attached hydrogen (secondary N) is 1. The Labute approximate surface area is 112 Å². The van der Waals surface area contributed by atoms with Crippen molar-refractivity contribution in [2.24, 2.45) is 0 Å². The minimum absolute atomic E-state index is 0.393. The van der Waals surface area contributed by atoms with Gasteiger partial charge in [-0.25, -0.2) is 0 Å². The molecule has 6 nitrogen and oxygen atoms in total. The van der Waals surface area contributed by atoms with Gasteiger partial charge in [0.25, 0.3) is 0 Å². The lowest BCUT2D eigenvalue weighted by atomic mass is 9.98. The molecule has 0 saturated carbocycles. The van der Waals surface area contributed by atoms with Crippen LogP contribution in [0.1, 0.15) is 37.3 Å². The molecule has 102 valence electrons. The van der Waals surface area contributed by atoms with Crippen molar-refractivity contribution >= 4 is 0 Å². The molecule has 3 heterocycles. The lowest BCUT2D eigenvalue weighted by Crippen LogP contribution is -2.26. The van der Waals surface area contributed by atoms with Crippen LogP contribution in [0.5, 0.6) is 0 Å². The molecule has 0 atom stereocenters. The maximum absolute atomic E-state index is 5.43. The first-order valence-electron chi connectivity index (χ1n) is 6.86. The summed E-state index contributed by atoms with van der Waals surface area (Å²) in [6, 6.07) is 0. The van der Waals surface area contributed by atoms with E-state index >= 15 is 0 Å². The molecule has 3 rings (SSSR count). The molecule has 0 unspecified atom stereocenters. The summed E-state index contributed by atoms with van der Waals surface area (Å²) >= 11 is 0. The fraction of sp³-hybridized carbons (Fsp3) is 0.615. The first-order valence-corrected chi connectivity index (χ1v) is 6.86. The second kappa shape index (κ2) is 5.13. The zero-order valence-corrected chi connectivity index (χ0v) is 11.4. The highest BCUT2D eigenvalue weighted by molar-refractivity contribution is 5.56. The average Bonchev–Trinajstić information content (AvgIpc) is 3.06. The van der Waals surface area contributed by atoms with Crippen molar-refractivity contribution < 1.29 is 4.52 Å². The molecule has 0 spiro atoms. The summed E-state index contributed by atoms with van der Waals surface area (Å²) in [5, 5.41) is 11.9. The van der Waals surface area contributed by atoms with E-state index in [0.717, 1.165) is 49.6 Å². The van der Waals surface area contributed by atoms with E-state index < -0.39 is 0 Å². The number of piperidine rings is 1. The first kappa shape index (κ1) is 12.3. The quantitative estimate of drug-likeness (QED) is 0.911. The van der Waals surface area contributed by atoms with Gasteiger partial charge in [0.15, 0.2) is 0 Å². The highest BCUT2D eigenvalue weighted by atomic mass is 16.5. The van der Waals surface area contributed by atoms with Gasteiger partial charge in [0.05, 0.1) is 11.3 Å². The molecule has 0 radical (unpaired) electrons. The third-order valence-electron chi connectivity index (χ3n) is 3.64. The monoisotopic (exact) mass is 261 g/mol. The summed E-state index contributed by atoms with van der Waals surface area (Å²) in [6.45, 7) is 6.93. The van der Waals surface area contributed by atoms with Gasteiger partial charge in [0, 0.05) is 18.7 Å². The SMILES string of the molecule is CCn1cc(-c2noc(C3CCNCC3)n2)c(C)n1. The number of aryl methyl sites for hydroxylation is 2. The number of aromatic nitrogens is 4. The molecule has 2 aromatic heterocycles. The normalized spacial score (nSPS) is 16.9. The van der Waals surface area contributed by atoms with Gasteiger partial charge in [0.1, 0.15) is 0 Å². The Balaban J connectivity index is 1.85. The van der Waals surface area contributed by atoms with E-state index in [1.54, 1.807) is 0 Å². The predicted molar refractivity (Wildman–Crippen MR) is 70.8 cm³/mol. The Kier molecular flexibility index (Phi) is 3.33. The van der Waals surface area contributed by atoms with Gasteiger partial charge >= 0.3 is 0 Å². The van der Waals surface area contributed by atoms with Gasteiger partial charge in [-0.3, -0.25) is 4.68 Å². The zero-order valence-electron chi connectivity index (χ0n) is 11.4. The minimum Gasteiger partial charge on any atom is -0.339 e. The van der Waals surface area contributed by atoms with Gasteiger partial charge in [0.2, 0.25) is 11.7 Å². The van der Waals surface area contributed by atoms with E-state index in [0.29, 0.717) is 11.7 Å². The average molecular weight is 261 g/mol. The zero-order chi connectivity index (χ0) is 13.2. The first-order chi connectivity index (χ1) is 9.28. The highest BCUT2D eigenvalue weighted by Gasteiger charge is 2.22. The maximum Gasteiger partial charge on any atom is 0.230 e. The Morgan fingerprint density at radius 3 is 2.89 bits per heavy atom. The largest absolute Gasteiger partial charge is 0.339 e. The lowest BCUT2D eigenvalue weighted by molar-refractivity contribution is 0.320. The maximum atomic E-state index is 5.43. The fourth-order valence-electron chi connectivity index (χ4n) is 2.48. The molecule has 1 saturated heterocycles. The smallest absolute Gasteiger partial charge is 0.230 e. The van der Waals surface area contributed by atoms with Gasteiger partial charge in [-0.15, -0.1) is 0 Å². The number of hydrogen-bond acceptors (Lipinski definition) is 5. The van der Waals surface area contributed by atoms with E-state index in [2.05, 4.69) is 27.5 Å². The van der Waals surface area contributed by atoms with Crippen molar-refractivity contribution in [3.05, 3.63) is 17.8 Å². The van der Waals surface area contributed by atoms with E-state index in [4.69, 9.17) is 4.52 Å². The van der Waals surface area contributed by atoms with Gasteiger partial charge in [-0.1, -0.05) is 5.16 Å². The second-order valence-electron chi connectivity index (χ2n) is 4.96. The third kappa shape index (κ3) is 2.40. The van der Waals surface area contributed by atoms with Crippen molar-refractivity contribution in [2.45, 2.75) is 39.2 Å². The summed E-state index contributed by atoms with van der Waals surface area (Å²) in [5.41, 5.74) is 1.91. The van der Waals surface area contributed by atoms with Gasteiger partial charge in [-0.05, 0) is 39.8 Å². The number of nitrogens with zero attached hydrogens (tertiary/aromatic N) is 4. The van der Waals surface area contributed by atoms with Crippen LogP contribution in [0.25, 0.3) is 11.4 Å². The summed E-state index contributed by atoms with van der Waals surface area (Å²) in [6.07, 6.45) is 4.11. The molecule has 6 heteroatoms. The molecule has 1 fully saturated rings. The van der Waals surface area contributed by atoms with Crippen molar-refractivity contribution in [2.75, 3.05) is 13.1 Å². The van der Waals surface area contributed by atoms with Crippen LogP contribution >= 0.6 is 0 Å². The molecule has 0 amide bonds. The van der Waals surface area contributed by atoms with Crippen molar-refractivity contribution in [3.63, 3.8) is 0 Å². The summed E-state index contributed by atoms with van der Waals surface area (Å²) in [5.74, 6) is 1.81. The molecule has 2 aromatic rings. The second-order valence-corrected chi connectivity index (χ2v) is 4.96. The van der Waals surface area contributed by atoms with E-state index in [1.807, 2.05) is 17.8 Å². The fourth-order valence-corrected chi connectivity index (χ4v) is 2.48. The molecule has 1 N–H and O–H groups in total. The van der Waals surface area contributed by atoms with Crippen molar-refractivity contribution in [1.29, 1.82) is 0 Å². The summed E-state index contributed by atoms with van der Waals surface area (Å²) in [7, 11) is 0. The van der Waals surface area contributed by atoms with Crippen LogP contribution in [0.4, 0.5) is 0 Å². The van der Waals surface area contributed by atoms with Crippen LogP contribution in [0.2, 0.25) is 0 Å². The molecule has 0 bridgehead atoms. The Morgan fingerprint density at radius 1 is 1.42 bits per heavy atom. The molecular weight excluding hydrogens is 242 g/mol. The molecular formula is C13H19N5O. The number of hydrogen-bond donors (Lipinski definition) is 1. The van der Waals surface area contributed by atoms with Crippen LogP contribution in [-0.4, -0.2) is 33.0 Å². The number of rotatable bonds is 3. The third-order valence-corrected chi connectivity index (χ3v) is 3.64. The van der Waals surface area contributed by atoms with Crippen molar-refractivity contribution in [3.8, 4) is 11.4 Å².